The molecule has 0 aliphatic carbocycles. The lowest BCUT2D eigenvalue weighted by Gasteiger charge is -2.12. The molecular formula is C10H11F2NO3. The first kappa shape index (κ1) is 12.4. The van der Waals surface area contributed by atoms with Gasteiger partial charge in [0.05, 0.1) is 19.7 Å². The lowest BCUT2D eigenvalue weighted by atomic mass is 10.0. The van der Waals surface area contributed by atoms with Crippen LogP contribution in [0.2, 0.25) is 0 Å². The number of carboxylic acids is 1. The van der Waals surface area contributed by atoms with Gasteiger partial charge in [0.25, 0.3) is 6.43 Å². The summed E-state index contributed by atoms with van der Waals surface area (Å²) in [5.74, 6) is -0.874. The number of aliphatic carboxylic acids is 1. The molecule has 16 heavy (non-hydrogen) atoms. The van der Waals surface area contributed by atoms with Crippen LogP contribution in [0.3, 0.4) is 0 Å². The van der Waals surface area contributed by atoms with Crippen molar-refractivity contribution in [1.82, 2.24) is 4.98 Å². The molecule has 0 saturated carbocycles. The van der Waals surface area contributed by atoms with Gasteiger partial charge in [-0.1, -0.05) is 0 Å². The van der Waals surface area contributed by atoms with Crippen LogP contribution in [-0.2, 0) is 11.2 Å². The number of carbonyl (C=O) groups is 1. The lowest BCUT2D eigenvalue weighted by molar-refractivity contribution is -0.136. The second-order valence-electron chi connectivity index (χ2n) is 3.19. The average molecular weight is 231 g/mol. The quantitative estimate of drug-likeness (QED) is 0.860. The minimum Gasteiger partial charge on any atom is -0.495 e. The standard InChI is InChI=1S/C10H11F2NO3/c1-5-6(3-8(14)15)9(10(11)12)13-4-7(5)16-2/h4,10H,3H2,1-2H3,(H,14,15). The van der Waals surface area contributed by atoms with Crippen molar-refractivity contribution in [2.75, 3.05) is 7.11 Å². The lowest BCUT2D eigenvalue weighted by Crippen LogP contribution is -2.09. The number of alkyl halides is 2. The number of aromatic nitrogens is 1. The topological polar surface area (TPSA) is 59.4 Å². The van der Waals surface area contributed by atoms with Crippen molar-refractivity contribution < 1.29 is 23.4 Å². The van der Waals surface area contributed by atoms with Crippen LogP contribution in [0.5, 0.6) is 5.75 Å². The van der Waals surface area contributed by atoms with Gasteiger partial charge >= 0.3 is 5.97 Å². The van der Waals surface area contributed by atoms with E-state index in [2.05, 4.69) is 4.98 Å². The highest BCUT2D eigenvalue weighted by Gasteiger charge is 2.20. The maximum atomic E-state index is 12.6. The Hall–Kier alpha value is -1.72. The fourth-order valence-electron chi connectivity index (χ4n) is 1.41. The van der Waals surface area contributed by atoms with Crippen molar-refractivity contribution >= 4 is 5.97 Å². The Kier molecular flexibility index (Phi) is 3.76. The molecule has 1 aromatic rings. The predicted molar refractivity (Wildman–Crippen MR) is 51.8 cm³/mol. The monoisotopic (exact) mass is 231 g/mol. The summed E-state index contributed by atoms with van der Waals surface area (Å²) in [6.45, 7) is 1.53. The van der Waals surface area contributed by atoms with Gasteiger partial charge in [0.2, 0.25) is 0 Å². The molecule has 0 unspecified atom stereocenters. The molecule has 0 aromatic carbocycles. The number of nitrogens with zero attached hydrogens (tertiary/aromatic N) is 1. The molecule has 0 amide bonds. The number of pyridine rings is 1. The molecule has 88 valence electrons. The van der Waals surface area contributed by atoms with Gasteiger partial charge in [-0.05, 0) is 18.1 Å². The van der Waals surface area contributed by atoms with Crippen LogP contribution in [0.1, 0.15) is 23.2 Å². The summed E-state index contributed by atoms with van der Waals surface area (Å²) in [4.78, 5) is 14.1. The fourth-order valence-corrected chi connectivity index (χ4v) is 1.41. The third-order valence-electron chi connectivity index (χ3n) is 2.21. The van der Waals surface area contributed by atoms with Crippen LogP contribution in [0.25, 0.3) is 0 Å². The van der Waals surface area contributed by atoms with Crippen molar-refractivity contribution in [2.45, 2.75) is 19.8 Å². The van der Waals surface area contributed by atoms with E-state index in [0.29, 0.717) is 11.3 Å². The van der Waals surface area contributed by atoms with Crippen molar-refractivity contribution in [3.8, 4) is 5.75 Å². The van der Waals surface area contributed by atoms with E-state index in [-0.39, 0.29) is 5.56 Å². The summed E-state index contributed by atoms with van der Waals surface area (Å²) < 4.78 is 30.1. The third kappa shape index (κ3) is 2.44. The summed E-state index contributed by atoms with van der Waals surface area (Å²) in [5.41, 5.74) is -0.0993. The van der Waals surface area contributed by atoms with Crippen LogP contribution in [-0.4, -0.2) is 23.2 Å². The second-order valence-corrected chi connectivity index (χ2v) is 3.19. The number of ether oxygens (including phenoxy) is 1. The van der Waals surface area contributed by atoms with Gasteiger partial charge in [0.1, 0.15) is 11.4 Å². The zero-order chi connectivity index (χ0) is 12.3. The molecule has 0 saturated heterocycles. The number of hydrogen-bond acceptors (Lipinski definition) is 3. The molecule has 0 atom stereocenters. The van der Waals surface area contributed by atoms with Gasteiger partial charge in [-0.25, -0.2) is 8.78 Å². The van der Waals surface area contributed by atoms with Crippen LogP contribution in [0.4, 0.5) is 8.78 Å². The molecule has 0 bridgehead atoms. The summed E-state index contributed by atoms with van der Waals surface area (Å²) >= 11 is 0. The van der Waals surface area contributed by atoms with E-state index in [1.54, 1.807) is 0 Å². The largest absolute Gasteiger partial charge is 0.495 e. The first-order chi connectivity index (χ1) is 7.47. The fraction of sp³-hybridized carbons (Fsp3) is 0.400. The maximum absolute atomic E-state index is 12.6. The molecule has 0 fully saturated rings. The van der Waals surface area contributed by atoms with Gasteiger partial charge in [0, 0.05) is 0 Å². The minimum atomic E-state index is -2.79. The van der Waals surface area contributed by atoms with E-state index in [9.17, 15) is 13.6 Å². The molecule has 0 aliphatic heterocycles. The summed E-state index contributed by atoms with van der Waals surface area (Å²) in [6, 6.07) is 0. The number of carboxylic acid groups (broad SMARTS) is 1. The number of rotatable bonds is 4. The van der Waals surface area contributed by atoms with Gasteiger partial charge in [0.15, 0.2) is 0 Å². The molecule has 0 aliphatic rings. The van der Waals surface area contributed by atoms with E-state index in [1.807, 2.05) is 0 Å². The van der Waals surface area contributed by atoms with Crippen molar-refractivity contribution in [1.29, 1.82) is 0 Å². The smallest absolute Gasteiger partial charge is 0.307 e. The van der Waals surface area contributed by atoms with E-state index in [0.717, 1.165) is 0 Å². The van der Waals surface area contributed by atoms with Gasteiger partial charge in [-0.2, -0.15) is 0 Å². The Morgan fingerprint density at radius 3 is 2.69 bits per heavy atom. The Morgan fingerprint density at radius 1 is 1.62 bits per heavy atom. The van der Waals surface area contributed by atoms with Crippen LogP contribution >= 0.6 is 0 Å². The molecule has 4 nitrogen and oxygen atoms in total. The zero-order valence-electron chi connectivity index (χ0n) is 8.83. The Labute approximate surface area is 90.9 Å². The number of hydrogen-bond donors (Lipinski definition) is 1. The average Bonchev–Trinajstić information content (AvgIpc) is 2.19. The second kappa shape index (κ2) is 4.87. The molecule has 1 rings (SSSR count). The van der Waals surface area contributed by atoms with Gasteiger partial charge < -0.3 is 9.84 Å². The molecular weight excluding hydrogens is 220 g/mol. The van der Waals surface area contributed by atoms with Crippen LogP contribution in [0, 0.1) is 6.92 Å². The maximum Gasteiger partial charge on any atom is 0.307 e. The highest BCUT2D eigenvalue weighted by atomic mass is 19.3. The van der Waals surface area contributed by atoms with Crippen LogP contribution in [0.15, 0.2) is 6.20 Å². The first-order valence-electron chi connectivity index (χ1n) is 4.49. The Morgan fingerprint density at radius 2 is 2.25 bits per heavy atom. The van der Waals surface area contributed by atoms with E-state index < -0.39 is 24.5 Å². The molecule has 1 heterocycles. The third-order valence-corrected chi connectivity index (χ3v) is 2.21. The van der Waals surface area contributed by atoms with E-state index in [4.69, 9.17) is 9.84 Å². The van der Waals surface area contributed by atoms with Gasteiger partial charge in [-0.3, -0.25) is 9.78 Å². The van der Waals surface area contributed by atoms with Crippen molar-refractivity contribution in [3.05, 3.63) is 23.0 Å². The summed E-state index contributed by atoms with van der Waals surface area (Å²) in [5, 5.41) is 8.65. The SMILES string of the molecule is COc1cnc(C(F)F)c(CC(=O)O)c1C. The number of halogens is 2. The first-order valence-corrected chi connectivity index (χ1v) is 4.49. The van der Waals surface area contributed by atoms with Crippen molar-refractivity contribution in [3.63, 3.8) is 0 Å². The molecule has 0 radical (unpaired) electrons. The normalized spacial score (nSPS) is 10.6. The van der Waals surface area contributed by atoms with Gasteiger partial charge in [-0.15, -0.1) is 0 Å². The summed E-state index contributed by atoms with van der Waals surface area (Å²) in [7, 11) is 1.37. The predicted octanol–water partition coefficient (Wildman–Crippen LogP) is 1.96. The molecule has 0 spiro atoms. The van der Waals surface area contributed by atoms with Crippen molar-refractivity contribution in [2.24, 2.45) is 0 Å². The molecule has 1 N–H and O–H groups in total. The van der Waals surface area contributed by atoms with E-state index >= 15 is 0 Å². The summed E-state index contributed by atoms with van der Waals surface area (Å²) in [6.07, 6.45) is -2.11. The highest BCUT2D eigenvalue weighted by Crippen LogP contribution is 2.28. The Balaban J connectivity index is 3.30. The minimum absolute atomic E-state index is 0.0156. The Bertz CT molecular complexity index is 407. The highest BCUT2D eigenvalue weighted by molar-refractivity contribution is 5.71. The van der Waals surface area contributed by atoms with Crippen LogP contribution < -0.4 is 4.74 Å². The molecule has 1 aromatic heterocycles. The zero-order valence-corrected chi connectivity index (χ0v) is 8.83. The number of methoxy groups -OCH3 is 1. The van der Waals surface area contributed by atoms with E-state index in [1.165, 1.54) is 20.2 Å². The molecule has 6 heteroatoms.